The third-order valence-corrected chi connectivity index (χ3v) is 5.51. The standard InChI is InChI=1S/C24H37NO2S/c1-2-3-4-5-6-7-8-9-10-11-12-13-14-15-16-17-18-19-23(26)25-22-20-21-28-24(22)27/h6-7,9-10,12-13,15-16,22H,2-5,8,11,14,17-21H2,1H3,(H,25,26)/b7-6-,10-9-,13-12-,16-15-. The fourth-order valence-electron chi connectivity index (χ4n) is 2.83. The monoisotopic (exact) mass is 403 g/mol. The zero-order valence-electron chi connectivity index (χ0n) is 17.4. The number of hydrogen-bond donors (Lipinski definition) is 1. The highest BCUT2D eigenvalue weighted by Crippen LogP contribution is 2.19. The number of amides is 1. The number of allylic oxidation sites excluding steroid dienone is 8. The van der Waals surface area contributed by atoms with E-state index in [1.807, 2.05) is 0 Å². The van der Waals surface area contributed by atoms with Crippen LogP contribution in [0.2, 0.25) is 0 Å². The topological polar surface area (TPSA) is 46.2 Å². The molecule has 1 saturated heterocycles. The maximum Gasteiger partial charge on any atom is 0.220 e. The molecule has 0 aromatic carbocycles. The summed E-state index contributed by atoms with van der Waals surface area (Å²) in [5, 5.41) is 2.93. The molecule has 0 saturated carbocycles. The van der Waals surface area contributed by atoms with Crippen LogP contribution in [-0.2, 0) is 9.59 Å². The van der Waals surface area contributed by atoms with E-state index in [9.17, 15) is 9.59 Å². The Hall–Kier alpha value is -1.55. The molecule has 1 rings (SSSR count). The van der Waals surface area contributed by atoms with Crippen LogP contribution < -0.4 is 5.32 Å². The van der Waals surface area contributed by atoms with Crippen molar-refractivity contribution in [2.24, 2.45) is 0 Å². The zero-order valence-corrected chi connectivity index (χ0v) is 18.2. The van der Waals surface area contributed by atoms with E-state index in [-0.39, 0.29) is 17.1 Å². The van der Waals surface area contributed by atoms with E-state index < -0.39 is 0 Å². The van der Waals surface area contributed by atoms with E-state index in [2.05, 4.69) is 60.8 Å². The third-order valence-electron chi connectivity index (χ3n) is 4.50. The highest BCUT2D eigenvalue weighted by Gasteiger charge is 2.26. The number of nitrogens with one attached hydrogen (secondary N) is 1. The van der Waals surface area contributed by atoms with Crippen LogP contribution in [0.15, 0.2) is 48.6 Å². The van der Waals surface area contributed by atoms with E-state index in [4.69, 9.17) is 0 Å². The minimum Gasteiger partial charge on any atom is -0.345 e. The van der Waals surface area contributed by atoms with Gasteiger partial charge in [-0.1, -0.05) is 80.1 Å². The summed E-state index contributed by atoms with van der Waals surface area (Å²) >= 11 is 1.32. The molecule has 0 aromatic rings. The summed E-state index contributed by atoms with van der Waals surface area (Å²) in [5.74, 6) is 0.822. The number of hydrogen-bond acceptors (Lipinski definition) is 3. The van der Waals surface area contributed by atoms with Gasteiger partial charge in [-0.05, 0) is 51.4 Å². The second-order valence-electron chi connectivity index (χ2n) is 7.06. The smallest absolute Gasteiger partial charge is 0.220 e. The molecule has 1 heterocycles. The van der Waals surface area contributed by atoms with Crippen LogP contribution in [0.25, 0.3) is 0 Å². The Morgan fingerprint density at radius 1 is 0.929 bits per heavy atom. The average Bonchev–Trinajstić information content (AvgIpc) is 3.08. The van der Waals surface area contributed by atoms with Gasteiger partial charge in [-0.2, -0.15) is 0 Å². The maximum atomic E-state index is 11.8. The molecule has 28 heavy (non-hydrogen) atoms. The molecule has 1 atom stereocenters. The Morgan fingerprint density at radius 3 is 2.04 bits per heavy atom. The van der Waals surface area contributed by atoms with Gasteiger partial charge in [0.2, 0.25) is 11.0 Å². The van der Waals surface area contributed by atoms with Crippen LogP contribution in [0.5, 0.6) is 0 Å². The van der Waals surface area contributed by atoms with Gasteiger partial charge in [-0.3, -0.25) is 9.59 Å². The van der Waals surface area contributed by atoms with Gasteiger partial charge >= 0.3 is 0 Å². The van der Waals surface area contributed by atoms with Crippen molar-refractivity contribution in [3.05, 3.63) is 48.6 Å². The summed E-state index contributed by atoms with van der Waals surface area (Å²) in [5.41, 5.74) is 0. The SMILES string of the molecule is CCCCC/C=C\C/C=C\C/C=C\C/C=C\CCCC(=O)NC1CCSC1=O. The van der Waals surface area contributed by atoms with Crippen molar-refractivity contribution >= 4 is 22.8 Å². The normalized spacial score (nSPS) is 17.8. The summed E-state index contributed by atoms with van der Waals surface area (Å²) in [7, 11) is 0. The Labute approximate surface area is 175 Å². The van der Waals surface area contributed by atoms with Crippen LogP contribution >= 0.6 is 11.8 Å². The first-order valence-electron chi connectivity index (χ1n) is 10.8. The molecule has 0 spiro atoms. The lowest BCUT2D eigenvalue weighted by Crippen LogP contribution is -2.36. The van der Waals surface area contributed by atoms with E-state index in [1.165, 1.54) is 37.4 Å². The fourth-order valence-corrected chi connectivity index (χ4v) is 3.77. The number of unbranched alkanes of at least 4 members (excludes halogenated alkanes) is 4. The van der Waals surface area contributed by atoms with Crippen molar-refractivity contribution in [2.75, 3.05) is 5.75 Å². The second kappa shape index (κ2) is 17.5. The molecule has 1 aliphatic rings. The van der Waals surface area contributed by atoms with Crippen LogP contribution in [0, 0.1) is 0 Å². The largest absolute Gasteiger partial charge is 0.345 e. The highest BCUT2D eigenvalue weighted by atomic mass is 32.2. The number of thioether (sulfide) groups is 1. The van der Waals surface area contributed by atoms with Crippen molar-refractivity contribution in [1.82, 2.24) is 5.32 Å². The predicted molar refractivity (Wildman–Crippen MR) is 122 cm³/mol. The Morgan fingerprint density at radius 2 is 1.50 bits per heavy atom. The van der Waals surface area contributed by atoms with E-state index in [1.54, 1.807) is 0 Å². The molecule has 0 aromatic heterocycles. The van der Waals surface area contributed by atoms with Crippen molar-refractivity contribution in [3.63, 3.8) is 0 Å². The highest BCUT2D eigenvalue weighted by molar-refractivity contribution is 8.14. The van der Waals surface area contributed by atoms with E-state index in [0.717, 1.165) is 44.3 Å². The fraction of sp³-hybridized carbons (Fsp3) is 0.583. The van der Waals surface area contributed by atoms with Gasteiger partial charge in [0, 0.05) is 12.2 Å². The van der Waals surface area contributed by atoms with Crippen LogP contribution in [0.3, 0.4) is 0 Å². The number of carbonyl (C=O) groups excluding carboxylic acids is 2. The minimum absolute atomic E-state index is 0.00302. The summed E-state index contributed by atoms with van der Waals surface area (Å²) in [6.07, 6.45) is 28.7. The van der Waals surface area contributed by atoms with Gasteiger partial charge in [0.25, 0.3) is 0 Å². The molecule has 0 bridgehead atoms. The summed E-state index contributed by atoms with van der Waals surface area (Å²) in [4.78, 5) is 23.3. The summed E-state index contributed by atoms with van der Waals surface area (Å²) < 4.78 is 0. The number of carbonyl (C=O) groups is 2. The molecular weight excluding hydrogens is 366 g/mol. The average molecular weight is 404 g/mol. The predicted octanol–water partition coefficient (Wildman–Crippen LogP) is 6.28. The quantitative estimate of drug-likeness (QED) is 0.258. The van der Waals surface area contributed by atoms with Gasteiger partial charge in [-0.25, -0.2) is 0 Å². The molecule has 0 aliphatic carbocycles. The molecule has 1 N–H and O–H groups in total. The third kappa shape index (κ3) is 13.6. The van der Waals surface area contributed by atoms with Crippen LogP contribution in [0.1, 0.15) is 77.6 Å². The maximum absolute atomic E-state index is 11.8. The van der Waals surface area contributed by atoms with Crippen molar-refractivity contribution in [3.8, 4) is 0 Å². The summed E-state index contributed by atoms with van der Waals surface area (Å²) in [6, 6.07) is -0.256. The first-order valence-corrected chi connectivity index (χ1v) is 11.8. The number of rotatable bonds is 15. The molecule has 1 aliphatic heterocycles. The van der Waals surface area contributed by atoms with Gasteiger partial charge < -0.3 is 5.32 Å². The molecule has 3 nitrogen and oxygen atoms in total. The Balaban J connectivity index is 1.93. The lowest BCUT2D eigenvalue weighted by molar-refractivity contribution is -0.124. The molecule has 156 valence electrons. The lowest BCUT2D eigenvalue weighted by atomic mass is 10.2. The van der Waals surface area contributed by atoms with Gasteiger partial charge in [0.05, 0.1) is 6.04 Å². The molecule has 0 radical (unpaired) electrons. The summed E-state index contributed by atoms with van der Waals surface area (Å²) in [6.45, 7) is 2.23. The minimum atomic E-state index is -0.256. The van der Waals surface area contributed by atoms with Crippen molar-refractivity contribution in [2.45, 2.75) is 83.6 Å². The lowest BCUT2D eigenvalue weighted by Gasteiger charge is -2.09. The van der Waals surface area contributed by atoms with Gasteiger partial charge in [0.1, 0.15) is 0 Å². The molecular formula is C24H37NO2S. The van der Waals surface area contributed by atoms with Gasteiger partial charge in [0.15, 0.2) is 0 Å². The molecule has 4 heteroatoms. The van der Waals surface area contributed by atoms with Crippen LogP contribution in [-0.4, -0.2) is 22.8 Å². The first kappa shape index (κ1) is 24.5. The van der Waals surface area contributed by atoms with E-state index in [0.29, 0.717) is 6.42 Å². The van der Waals surface area contributed by atoms with Crippen molar-refractivity contribution < 1.29 is 9.59 Å². The van der Waals surface area contributed by atoms with Crippen LogP contribution in [0.4, 0.5) is 0 Å². The van der Waals surface area contributed by atoms with Gasteiger partial charge in [-0.15, -0.1) is 0 Å². The molecule has 1 fully saturated rings. The zero-order chi connectivity index (χ0) is 20.3. The second-order valence-corrected chi connectivity index (χ2v) is 8.16. The van der Waals surface area contributed by atoms with Crippen molar-refractivity contribution in [1.29, 1.82) is 0 Å². The Kier molecular flexibility index (Phi) is 15.3. The molecule has 1 amide bonds. The molecule has 1 unspecified atom stereocenters. The first-order chi connectivity index (χ1) is 13.7. The Bertz CT molecular complexity index is 549. The van der Waals surface area contributed by atoms with E-state index >= 15 is 0 Å².